The number of carbonyl (C=O) groups excluding carboxylic acids is 1. The van der Waals surface area contributed by atoms with Gasteiger partial charge in [0.25, 0.3) is 15.9 Å². The molecular weight excluding hydrogens is 534 g/mol. The van der Waals surface area contributed by atoms with Crippen molar-refractivity contribution >= 4 is 37.5 Å². The molecule has 0 aliphatic carbocycles. The molecule has 3 aromatic carbocycles. The predicted octanol–water partition coefficient (Wildman–Crippen LogP) is 4.67. The Morgan fingerprint density at radius 2 is 1.82 bits per heavy atom. The summed E-state index contributed by atoms with van der Waals surface area (Å²) in [5.41, 5.74) is 0.398. The lowest BCUT2D eigenvalue weighted by Gasteiger charge is -2.19. The Morgan fingerprint density at radius 3 is 2.56 bits per heavy atom. The summed E-state index contributed by atoms with van der Waals surface area (Å²) in [6, 6.07) is 8.86. The molecule has 1 aliphatic rings. The molecule has 178 valence electrons. The van der Waals surface area contributed by atoms with Gasteiger partial charge in [-0.25, -0.2) is 17.2 Å². The maximum absolute atomic E-state index is 14.8. The van der Waals surface area contributed by atoms with Gasteiger partial charge in [-0.3, -0.25) is 9.52 Å². The van der Waals surface area contributed by atoms with Crippen LogP contribution in [0.1, 0.15) is 15.9 Å². The normalized spacial score (nSPS) is 15.4. The van der Waals surface area contributed by atoms with E-state index in [4.69, 9.17) is 4.74 Å². The van der Waals surface area contributed by atoms with Gasteiger partial charge in [-0.1, -0.05) is 11.6 Å². The quantitative estimate of drug-likeness (QED) is 0.422. The molecule has 4 bridgehead atoms. The highest BCUT2D eigenvalue weighted by Crippen LogP contribution is 2.38. The molecule has 0 unspecified atom stereocenters. The van der Waals surface area contributed by atoms with E-state index < -0.39 is 43.9 Å². The summed E-state index contributed by atoms with van der Waals surface area (Å²) in [7, 11) is -3.08. The fourth-order valence-electron chi connectivity index (χ4n) is 3.53. The van der Waals surface area contributed by atoms with Gasteiger partial charge in [0.1, 0.15) is 34.6 Å². The summed E-state index contributed by atoms with van der Waals surface area (Å²) in [5.74, 6) is -2.99. The zero-order valence-corrected chi connectivity index (χ0v) is 20.4. The van der Waals surface area contributed by atoms with Crippen molar-refractivity contribution in [3.8, 4) is 22.6 Å². The lowest BCUT2D eigenvalue weighted by Crippen LogP contribution is -2.31. The van der Waals surface area contributed by atoms with Gasteiger partial charge < -0.3 is 14.7 Å². The van der Waals surface area contributed by atoms with Crippen LogP contribution in [-0.2, 0) is 10.0 Å². The zero-order valence-electron chi connectivity index (χ0n) is 18.0. The number of aromatic hydroxyl groups is 1. The summed E-state index contributed by atoms with van der Waals surface area (Å²) < 4.78 is 63.5. The molecule has 0 spiro atoms. The van der Waals surface area contributed by atoms with E-state index in [1.807, 2.05) is 0 Å². The van der Waals surface area contributed by atoms with Crippen molar-refractivity contribution in [2.24, 2.45) is 0 Å². The van der Waals surface area contributed by atoms with E-state index >= 15 is 0 Å². The third-order valence-electron chi connectivity index (χ3n) is 5.32. The number of halogens is 3. The summed E-state index contributed by atoms with van der Waals surface area (Å²) in [5, 5.41) is 10.4. The van der Waals surface area contributed by atoms with Crippen LogP contribution in [-0.4, -0.2) is 44.5 Å². The van der Waals surface area contributed by atoms with Crippen molar-refractivity contribution in [2.45, 2.75) is 11.8 Å². The van der Waals surface area contributed by atoms with Crippen LogP contribution in [0.4, 0.5) is 14.5 Å². The molecule has 0 aromatic heterocycles. The Kier molecular flexibility index (Phi) is 6.26. The van der Waals surface area contributed by atoms with Crippen LogP contribution in [0.25, 0.3) is 11.1 Å². The second kappa shape index (κ2) is 8.88. The largest absolute Gasteiger partial charge is 0.505 e. The minimum Gasteiger partial charge on any atom is -0.505 e. The first-order valence-electron chi connectivity index (χ1n) is 10.0. The van der Waals surface area contributed by atoms with Crippen molar-refractivity contribution in [1.29, 1.82) is 0 Å². The molecule has 4 rings (SSSR count). The number of anilines is 1. The van der Waals surface area contributed by atoms with Gasteiger partial charge in [0.15, 0.2) is 0 Å². The lowest BCUT2D eigenvalue weighted by molar-refractivity contribution is 0.0773. The van der Waals surface area contributed by atoms with Crippen LogP contribution >= 0.6 is 15.9 Å². The molecule has 1 amide bonds. The second-order valence-electron chi connectivity index (χ2n) is 7.80. The van der Waals surface area contributed by atoms with E-state index in [-0.39, 0.29) is 40.1 Å². The monoisotopic (exact) mass is 552 g/mol. The number of hydrogen-bond donors (Lipinski definition) is 2. The Hall–Kier alpha value is -3.18. The number of rotatable bonds is 0. The molecule has 0 atom stereocenters. The highest BCUT2D eigenvalue weighted by Gasteiger charge is 2.27. The summed E-state index contributed by atoms with van der Waals surface area (Å²) in [6.07, 6.45) is 0. The Labute approximate surface area is 203 Å². The lowest BCUT2D eigenvalue weighted by atomic mass is 10.0. The number of aryl methyl sites for hydroxylation is 1. The third kappa shape index (κ3) is 4.45. The maximum Gasteiger partial charge on any atom is 0.265 e. The molecule has 3 aromatic rings. The molecule has 1 heterocycles. The third-order valence-corrected chi connectivity index (χ3v) is 7.31. The highest BCUT2D eigenvalue weighted by atomic mass is 79.9. The van der Waals surface area contributed by atoms with E-state index in [0.29, 0.717) is 6.07 Å². The molecule has 0 saturated heterocycles. The summed E-state index contributed by atoms with van der Waals surface area (Å²) >= 11 is 3.06. The van der Waals surface area contributed by atoms with Gasteiger partial charge in [0.05, 0.1) is 16.7 Å². The van der Waals surface area contributed by atoms with Crippen LogP contribution in [0.15, 0.2) is 51.8 Å². The van der Waals surface area contributed by atoms with E-state index in [1.54, 1.807) is 25.1 Å². The standard InChI is InChI=1S/C23H19BrF2N2O5S/c1-12-3-4-20-15(7-12)14-10-19(18(26)11-17(14)25)27-34(31,32)21-9-13(8-16(24)22(21)29)23(30)28(2)5-6-33-20/h3-4,7-11,27,29H,5-6H2,1-2H3. The Balaban J connectivity index is 1.97. The summed E-state index contributed by atoms with van der Waals surface area (Å²) in [6.45, 7) is 1.96. The van der Waals surface area contributed by atoms with Crippen molar-refractivity contribution in [1.82, 2.24) is 4.90 Å². The number of carbonyl (C=O) groups is 1. The van der Waals surface area contributed by atoms with E-state index in [0.717, 1.165) is 17.7 Å². The van der Waals surface area contributed by atoms with Crippen LogP contribution < -0.4 is 9.46 Å². The molecule has 34 heavy (non-hydrogen) atoms. The number of benzene rings is 3. The van der Waals surface area contributed by atoms with E-state index in [2.05, 4.69) is 20.7 Å². The van der Waals surface area contributed by atoms with Gasteiger partial charge >= 0.3 is 0 Å². The molecule has 1 aliphatic heterocycles. The molecular formula is C23H19BrF2N2O5S. The average Bonchev–Trinajstić information content (AvgIpc) is 2.77. The minimum absolute atomic E-state index is 0.0290. The first kappa shape index (κ1) is 24.0. The second-order valence-corrected chi connectivity index (χ2v) is 10.3. The molecule has 7 nitrogen and oxygen atoms in total. The topological polar surface area (TPSA) is 95.9 Å². The number of phenols is 1. The summed E-state index contributed by atoms with van der Waals surface area (Å²) in [4.78, 5) is 13.6. The number of phenolic OH excluding ortho intramolecular Hbond substituents is 1. The average molecular weight is 553 g/mol. The molecule has 0 radical (unpaired) electrons. The minimum atomic E-state index is -4.59. The SMILES string of the molecule is Cc1ccc2c(c1)-c1cc(c(F)cc1F)NS(=O)(=O)c1cc(cc(Br)c1O)C(=O)N(C)CCO2. The Morgan fingerprint density at radius 1 is 1.09 bits per heavy atom. The van der Waals surface area contributed by atoms with Gasteiger partial charge in [0, 0.05) is 29.8 Å². The highest BCUT2D eigenvalue weighted by molar-refractivity contribution is 9.10. The van der Waals surface area contributed by atoms with Crippen LogP contribution in [0.2, 0.25) is 0 Å². The number of sulfonamides is 1. The zero-order chi connectivity index (χ0) is 24.8. The Bertz CT molecular complexity index is 1430. The van der Waals surface area contributed by atoms with Gasteiger partial charge in [-0.2, -0.15) is 0 Å². The smallest absolute Gasteiger partial charge is 0.265 e. The fraction of sp³-hybridized carbons (Fsp3) is 0.174. The van der Waals surface area contributed by atoms with E-state index in [9.17, 15) is 27.1 Å². The van der Waals surface area contributed by atoms with Crippen molar-refractivity contribution in [3.05, 3.63) is 69.7 Å². The van der Waals surface area contributed by atoms with Crippen molar-refractivity contribution in [2.75, 3.05) is 24.9 Å². The first-order valence-corrected chi connectivity index (χ1v) is 12.3. The van der Waals surface area contributed by atoms with Crippen molar-refractivity contribution in [3.63, 3.8) is 0 Å². The fourth-order valence-corrected chi connectivity index (χ4v) is 5.32. The maximum atomic E-state index is 14.8. The van der Waals surface area contributed by atoms with Crippen LogP contribution in [0.3, 0.4) is 0 Å². The number of hydrogen-bond acceptors (Lipinski definition) is 5. The predicted molar refractivity (Wildman–Crippen MR) is 126 cm³/mol. The number of amides is 1. The number of nitrogens with one attached hydrogen (secondary N) is 1. The molecule has 0 saturated carbocycles. The number of likely N-dealkylation sites (N-methyl/N-ethyl adjacent to an activating group) is 1. The molecule has 2 N–H and O–H groups in total. The van der Waals surface area contributed by atoms with Crippen LogP contribution in [0.5, 0.6) is 11.5 Å². The van der Waals surface area contributed by atoms with Crippen LogP contribution in [0, 0.1) is 18.6 Å². The van der Waals surface area contributed by atoms with Gasteiger partial charge in [0.2, 0.25) is 0 Å². The van der Waals surface area contributed by atoms with E-state index in [1.165, 1.54) is 18.0 Å². The first-order chi connectivity index (χ1) is 16.0. The van der Waals surface area contributed by atoms with Gasteiger partial charge in [-0.05, 0) is 53.2 Å². The number of nitrogens with zero attached hydrogens (tertiary/aromatic N) is 1. The molecule has 0 fully saturated rings. The van der Waals surface area contributed by atoms with Gasteiger partial charge in [-0.15, -0.1) is 0 Å². The number of fused-ring (bicyclic) bond motifs is 6. The van der Waals surface area contributed by atoms with Crippen molar-refractivity contribution < 1.29 is 31.8 Å². The molecule has 11 heteroatoms. The number of ether oxygens (including phenoxy) is 1.